The molecule has 0 unspecified atom stereocenters. The Morgan fingerprint density at radius 1 is 0.975 bits per heavy atom. The quantitative estimate of drug-likeness (QED) is 0.306. The number of hydrogen-bond acceptors (Lipinski definition) is 7. The smallest absolute Gasteiger partial charge is 0.323 e. The van der Waals surface area contributed by atoms with Crippen molar-refractivity contribution >= 4 is 38.0 Å². The Hall–Kier alpha value is -3.99. The summed E-state index contributed by atoms with van der Waals surface area (Å²) in [5, 5.41) is 7.47. The van der Waals surface area contributed by atoms with E-state index in [0.717, 1.165) is 60.4 Å². The molecule has 2 amide bonds. The maximum absolute atomic E-state index is 13.0. The number of carbonyl (C=O) groups is 1. The van der Waals surface area contributed by atoms with Crippen LogP contribution >= 0.6 is 0 Å². The second-order valence-corrected chi connectivity index (χ2v) is 11.8. The van der Waals surface area contributed by atoms with Crippen molar-refractivity contribution < 1.29 is 22.7 Å². The van der Waals surface area contributed by atoms with Gasteiger partial charge in [-0.25, -0.2) is 13.2 Å². The van der Waals surface area contributed by atoms with Crippen molar-refractivity contribution in [2.75, 3.05) is 49.8 Å². The SMILES string of the molecule is CCS(=O)(=O)c1ccc(OC)c(NC(=O)Nc2ccc(-c3ccc(CN4CCOCC4)nc3)c3ccccc23)c1. The van der Waals surface area contributed by atoms with Gasteiger partial charge in [-0.2, -0.15) is 0 Å². The molecule has 1 saturated heterocycles. The molecule has 1 aromatic heterocycles. The molecule has 0 atom stereocenters. The van der Waals surface area contributed by atoms with Gasteiger partial charge in [-0.15, -0.1) is 0 Å². The molecule has 0 spiro atoms. The number of urea groups is 1. The zero-order valence-electron chi connectivity index (χ0n) is 22.5. The van der Waals surface area contributed by atoms with Crippen molar-refractivity contribution in [3.8, 4) is 16.9 Å². The predicted octanol–water partition coefficient (Wildman–Crippen LogP) is 5.18. The normalized spacial score (nSPS) is 14.2. The first-order chi connectivity index (χ1) is 19.4. The minimum absolute atomic E-state index is 0.0462. The van der Waals surface area contributed by atoms with Crippen molar-refractivity contribution in [1.82, 2.24) is 9.88 Å². The lowest BCUT2D eigenvalue weighted by Gasteiger charge is -2.26. The van der Waals surface area contributed by atoms with Crippen molar-refractivity contribution in [2.45, 2.75) is 18.4 Å². The van der Waals surface area contributed by atoms with Crippen LogP contribution in [0.1, 0.15) is 12.6 Å². The maximum atomic E-state index is 13.0. The van der Waals surface area contributed by atoms with Gasteiger partial charge in [0.05, 0.1) is 48.0 Å². The molecule has 10 heteroatoms. The Kier molecular flexibility index (Phi) is 8.29. The number of benzene rings is 3. The average molecular weight is 561 g/mol. The first kappa shape index (κ1) is 27.6. The summed E-state index contributed by atoms with van der Waals surface area (Å²) in [6, 6.07) is 19.7. The molecule has 0 saturated carbocycles. The Labute approximate surface area is 234 Å². The minimum Gasteiger partial charge on any atom is -0.495 e. The average Bonchev–Trinajstić information content (AvgIpc) is 2.98. The fraction of sp³-hybridized carbons (Fsp3) is 0.267. The summed E-state index contributed by atoms with van der Waals surface area (Å²) < 4.78 is 35.5. The Balaban J connectivity index is 1.37. The van der Waals surface area contributed by atoms with Gasteiger partial charge in [-0.1, -0.05) is 43.3 Å². The van der Waals surface area contributed by atoms with E-state index in [0.29, 0.717) is 11.4 Å². The van der Waals surface area contributed by atoms with Gasteiger partial charge in [0, 0.05) is 36.8 Å². The number of amides is 2. The molecular weight excluding hydrogens is 528 g/mol. The molecule has 3 aromatic carbocycles. The van der Waals surface area contributed by atoms with Gasteiger partial charge in [-0.3, -0.25) is 9.88 Å². The highest BCUT2D eigenvalue weighted by atomic mass is 32.2. The molecule has 0 aliphatic carbocycles. The monoisotopic (exact) mass is 560 g/mol. The van der Waals surface area contributed by atoms with Gasteiger partial charge < -0.3 is 20.1 Å². The molecule has 1 aliphatic heterocycles. The molecule has 208 valence electrons. The number of pyridine rings is 1. The van der Waals surface area contributed by atoms with Crippen LogP contribution in [0.25, 0.3) is 21.9 Å². The highest BCUT2D eigenvalue weighted by Gasteiger charge is 2.17. The van der Waals surface area contributed by atoms with E-state index in [1.807, 2.05) is 42.6 Å². The number of nitrogens with zero attached hydrogens (tertiary/aromatic N) is 2. The molecule has 2 N–H and O–H groups in total. The van der Waals surface area contributed by atoms with Crippen molar-refractivity contribution in [2.24, 2.45) is 0 Å². The number of carbonyl (C=O) groups excluding carboxylic acids is 1. The van der Waals surface area contributed by atoms with Crippen LogP contribution < -0.4 is 15.4 Å². The lowest BCUT2D eigenvalue weighted by molar-refractivity contribution is 0.0336. The van der Waals surface area contributed by atoms with Gasteiger partial charge in [0.1, 0.15) is 5.75 Å². The third-order valence-corrected chi connectivity index (χ3v) is 8.69. The van der Waals surface area contributed by atoms with Crippen molar-refractivity contribution in [1.29, 1.82) is 0 Å². The Bertz CT molecular complexity index is 1620. The molecule has 2 heterocycles. The molecule has 0 radical (unpaired) electrons. The van der Waals surface area contributed by atoms with E-state index in [1.165, 1.54) is 25.3 Å². The maximum Gasteiger partial charge on any atom is 0.323 e. The number of ether oxygens (including phenoxy) is 2. The number of fused-ring (bicyclic) bond motifs is 1. The summed E-state index contributed by atoms with van der Waals surface area (Å²) >= 11 is 0. The van der Waals surface area contributed by atoms with Crippen molar-refractivity contribution in [3.63, 3.8) is 0 Å². The number of methoxy groups -OCH3 is 1. The molecule has 9 nitrogen and oxygen atoms in total. The van der Waals surface area contributed by atoms with E-state index in [4.69, 9.17) is 14.5 Å². The van der Waals surface area contributed by atoms with Gasteiger partial charge >= 0.3 is 6.03 Å². The van der Waals surface area contributed by atoms with Gasteiger partial charge in [0.2, 0.25) is 0 Å². The van der Waals surface area contributed by atoms with Crippen LogP contribution in [0.4, 0.5) is 16.2 Å². The first-order valence-electron chi connectivity index (χ1n) is 13.1. The summed E-state index contributed by atoms with van der Waals surface area (Å²) in [5.74, 6) is 0.310. The van der Waals surface area contributed by atoms with Crippen LogP contribution in [0, 0.1) is 0 Å². The number of rotatable bonds is 8. The van der Waals surface area contributed by atoms with E-state index in [2.05, 4.69) is 27.7 Å². The van der Waals surface area contributed by atoms with E-state index in [9.17, 15) is 13.2 Å². The highest BCUT2D eigenvalue weighted by Crippen LogP contribution is 2.34. The zero-order chi connectivity index (χ0) is 28.1. The van der Waals surface area contributed by atoms with E-state index in [1.54, 1.807) is 6.92 Å². The number of sulfone groups is 1. The largest absolute Gasteiger partial charge is 0.495 e. The van der Waals surface area contributed by atoms with Crippen molar-refractivity contribution in [3.05, 3.63) is 78.6 Å². The number of aromatic nitrogens is 1. The number of morpholine rings is 1. The Morgan fingerprint density at radius 3 is 2.42 bits per heavy atom. The van der Waals surface area contributed by atoms with Gasteiger partial charge in [0.25, 0.3) is 0 Å². The zero-order valence-corrected chi connectivity index (χ0v) is 23.3. The fourth-order valence-corrected chi connectivity index (χ4v) is 5.65. The lowest BCUT2D eigenvalue weighted by Crippen LogP contribution is -2.35. The van der Waals surface area contributed by atoms with Gasteiger partial charge in [0.15, 0.2) is 9.84 Å². The summed E-state index contributed by atoms with van der Waals surface area (Å²) in [5.41, 5.74) is 3.88. The molecule has 5 rings (SSSR count). The van der Waals surface area contributed by atoms with Crippen LogP contribution in [0.15, 0.2) is 77.8 Å². The van der Waals surface area contributed by atoms with Crippen LogP contribution in [0.5, 0.6) is 5.75 Å². The molecule has 1 fully saturated rings. The summed E-state index contributed by atoms with van der Waals surface area (Å²) in [4.78, 5) is 20.2. The third-order valence-electron chi connectivity index (χ3n) is 6.96. The van der Waals surface area contributed by atoms with Crippen LogP contribution in [-0.2, 0) is 21.1 Å². The topological polar surface area (TPSA) is 110 Å². The molecule has 0 bridgehead atoms. The summed E-state index contributed by atoms with van der Waals surface area (Å²) in [7, 11) is -1.99. The summed E-state index contributed by atoms with van der Waals surface area (Å²) in [6.07, 6.45) is 1.89. The van der Waals surface area contributed by atoms with Crippen LogP contribution in [0.3, 0.4) is 0 Å². The summed E-state index contributed by atoms with van der Waals surface area (Å²) in [6.45, 7) is 5.69. The predicted molar refractivity (Wildman–Crippen MR) is 157 cm³/mol. The second kappa shape index (κ2) is 12.0. The minimum atomic E-state index is -3.45. The van der Waals surface area contributed by atoms with E-state index >= 15 is 0 Å². The second-order valence-electron chi connectivity index (χ2n) is 9.48. The third kappa shape index (κ3) is 6.09. The van der Waals surface area contributed by atoms with Gasteiger partial charge in [-0.05, 0) is 41.3 Å². The number of hydrogen-bond donors (Lipinski definition) is 2. The first-order valence-corrected chi connectivity index (χ1v) is 14.8. The highest BCUT2D eigenvalue weighted by molar-refractivity contribution is 7.91. The number of nitrogens with one attached hydrogen (secondary N) is 2. The Morgan fingerprint density at radius 2 is 1.73 bits per heavy atom. The molecule has 40 heavy (non-hydrogen) atoms. The fourth-order valence-electron chi connectivity index (χ4n) is 4.75. The number of anilines is 2. The van der Waals surface area contributed by atoms with E-state index in [-0.39, 0.29) is 16.3 Å². The standard InChI is InChI=1S/C30H32N4O5S/c1-3-40(36,37)23-10-13-29(38-2)28(18-23)33-30(35)32-27-12-11-24(25-6-4-5-7-26(25)27)21-8-9-22(31-19-21)20-34-14-16-39-17-15-34/h4-13,18-19H,3,14-17,20H2,1-2H3,(H2,32,33,35). The lowest BCUT2D eigenvalue weighted by atomic mass is 9.98. The molecular formula is C30H32N4O5S. The molecule has 4 aromatic rings. The van der Waals surface area contributed by atoms with Crippen LogP contribution in [-0.4, -0.2) is 63.5 Å². The van der Waals surface area contributed by atoms with Crippen LogP contribution in [0.2, 0.25) is 0 Å². The molecule has 1 aliphatic rings. The van der Waals surface area contributed by atoms with E-state index < -0.39 is 15.9 Å².